The SMILES string of the molecule is CC(C)Cn1ccnc1CNC(=O)N[C@H]1C[C@@H]1c1ccccc1F. The highest BCUT2D eigenvalue weighted by Crippen LogP contribution is 2.41. The van der Waals surface area contributed by atoms with Crippen molar-refractivity contribution in [3.05, 3.63) is 53.9 Å². The summed E-state index contributed by atoms with van der Waals surface area (Å²) >= 11 is 0. The van der Waals surface area contributed by atoms with Crippen LogP contribution in [0.1, 0.15) is 37.6 Å². The van der Waals surface area contributed by atoms with E-state index < -0.39 is 0 Å². The van der Waals surface area contributed by atoms with Crippen molar-refractivity contribution in [1.29, 1.82) is 0 Å². The van der Waals surface area contributed by atoms with Crippen molar-refractivity contribution in [3.8, 4) is 0 Å². The largest absolute Gasteiger partial charge is 0.335 e. The summed E-state index contributed by atoms with van der Waals surface area (Å²) in [5.41, 5.74) is 0.676. The van der Waals surface area contributed by atoms with E-state index in [9.17, 15) is 9.18 Å². The molecule has 0 bridgehead atoms. The molecule has 5 nitrogen and oxygen atoms in total. The van der Waals surface area contributed by atoms with Gasteiger partial charge in [-0.1, -0.05) is 32.0 Å². The van der Waals surface area contributed by atoms with E-state index in [1.807, 2.05) is 16.8 Å². The Hall–Kier alpha value is -2.37. The van der Waals surface area contributed by atoms with Crippen LogP contribution in [0, 0.1) is 11.7 Å². The molecule has 3 rings (SSSR count). The number of halogens is 1. The summed E-state index contributed by atoms with van der Waals surface area (Å²) in [6, 6.07) is 6.50. The summed E-state index contributed by atoms with van der Waals surface area (Å²) < 4.78 is 15.8. The Morgan fingerprint density at radius 2 is 2.21 bits per heavy atom. The Morgan fingerprint density at radius 3 is 2.96 bits per heavy atom. The van der Waals surface area contributed by atoms with Gasteiger partial charge in [-0.05, 0) is 24.0 Å². The maximum Gasteiger partial charge on any atom is 0.315 e. The van der Waals surface area contributed by atoms with Crippen LogP contribution in [0.15, 0.2) is 36.7 Å². The standard InChI is InChI=1S/C18H23FN4O/c1-12(2)11-23-8-7-20-17(23)10-21-18(24)22-16-9-14(16)13-5-3-4-6-15(13)19/h3-8,12,14,16H,9-11H2,1-2H3,(H2,21,22,24)/t14-,16+/m1/s1. The lowest BCUT2D eigenvalue weighted by atomic mass is 10.1. The van der Waals surface area contributed by atoms with Gasteiger partial charge in [-0.15, -0.1) is 0 Å². The molecule has 1 aromatic carbocycles. The topological polar surface area (TPSA) is 59.0 Å². The second-order valence-electron chi connectivity index (χ2n) is 6.69. The number of carbonyl (C=O) groups is 1. The van der Waals surface area contributed by atoms with Crippen molar-refractivity contribution in [2.75, 3.05) is 0 Å². The molecule has 2 N–H and O–H groups in total. The third-order valence-corrected chi connectivity index (χ3v) is 4.18. The van der Waals surface area contributed by atoms with E-state index in [-0.39, 0.29) is 23.8 Å². The average Bonchev–Trinajstić information content (AvgIpc) is 3.14. The monoisotopic (exact) mass is 330 g/mol. The van der Waals surface area contributed by atoms with Crippen LogP contribution < -0.4 is 10.6 Å². The zero-order valence-electron chi connectivity index (χ0n) is 14.0. The molecule has 128 valence electrons. The summed E-state index contributed by atoms with van der Waals surface area (Å²) in [6.07, 6.45) is 4.44. The fourth-order valence-electron chi connectivity index (χ4n) is 2.92. The highest BCUT2D eigenvalue weighted by Gasteiger charge is 2.40. The molecule has 0 radical (unpaired) electrons. The van der Waals surface area contributed by atoms with Gasteiger partial charge in [0.1, 0.15) is 11.6 Å². The molecular formula is C18H23FN4O. The minimum Gasteiger partial charge on any atom is -0.335 e. The molecule has 0 spiro atoms. The van der Waals surface area contributed by atoms with Crippen LogP contribution >= 0.6 is 0 Å². The van der Waals surface area contributed by atoms with Gasteiger partial charge in [0.05, 0.1) is 6.54 Å². The fourth-order valence-corrected chi connectivity index (χ4v) is 2.92. The number of rotatable bonds is 6. The Labute approximate surface area is 141 Å². The van der Waals surface area contributed by atoms with Gasteiger partial charge in [-0.25, -0.2) is 14.2 Å². The van der Waals surface area contributed by atoms with Gasteiger partial charge in [-0.3, -0.25) is 0 Å². The van der Waals surface area contributed by atoms with Crippen molar-refractivity contribution in [2.45, 2.75) is 45.3 Å². The van der Waals surface area contributed by atoms with E-state index in [1.165, 1.54) is 6.07 Å². The van der Waals surface area contributed by atoms with E-state index in [2.05, 4.69) is 29.5 Å². The number of benzene rings is 1. The molecule has 2 amide bonds. The zero-order valence-corrected chi connectivity index (χ0v) is 14.0. The minimum absolute atomic E-state index is 0.00249. The lowest BCUT2D eigenvalue weighted by Crippen LogP contribution is -2.37. The van der Waals surface area contributed by atoms with E-state index >= 15 is 0 Å². The first-order valence-corrected chi connectivity index (χ1v) is 8.33. The van der Waals surface area contributed by atoms with Crippen molar-refractivity contribution in [1.82, 2.24) is 20.2 Å². The molecule has 1 heterocycles. The van der Waals surface area contributed by atoms with Gasteiger partial charge in [0.15, 0.2) is 0 Å². The number of nitrogens with one attached hydrogen (secondary N) is 2. The Balaban J connectivity index is 1.48. The second-order valence-corrected chi connectivity index (χ2v) is 6.69. The molecule has 1 aromatic heterocycles. The van der Waals surface area contributed by atoms with Crippen molar-refractivity contribution < 1.29 is 9.18 Å². The van der Waals surface area contributed by atoms with Crippen molar-refractivity contribution in [3.63, 3.8) is 0 Å². The highest BCUT2D eigenvalue weighted by molar-refractivity contribution is 5.74. The van der Waals surface area contributed by atoms with Gasteiger partial charge in [0.2, 0.25) is 0 Å². The first kappa shape index (κ1) is 16.5. The highest BCUT2D eigenvalue weighted by atomic mass is 19.1. The summed E-state index contributed by atoms with van der Waals surface area (Å²) in [5, 5.41) is 5.73. The summed E-state index contributed by atoms with van der Waals surface area (Å²) in [6.45, 7) is 5.53. The summed E-state index contributed by atoms with van der Waals surface area (Å²) in [4.78, 5) is 16.3. The normalized spacial score (nSPS) is 19.3. The van der Waals surface area contributed by atoms with Gasteiger partial charge in [0, 0.05) is 30.9 Å². The van der Waals surface area contributed by atoms with Crippen LogP contribution in [-0.2, 0) is 13.1 Å². The fraction of sp³-hybridized carbons (Fsp3) is 0.444. The molecule has 2 atom stereocenters. The number of carbonyl (C=O) groups excluding carboxylic acids is 1. The van der Waals surface area contributed by atoms with E-state index in [4.69, 9.17) is 0 Å². The number of nitrogens with zero attached hydrogens (tertiary/aromatic N) is 2. The predicted octanol–water partition coefficient (Wildman–Crippen LogP) is 3.03. The van der Waals surface area contributed by atoms with Crippen molar-refractivity contribution in [2.24, 2.45) is 5.92 Å². The Bertz CT molecular complexity index is 713. The number of hydrogen-bond donors (Lipinski definition) is 2. The maximum atomic E-state index is 13.7. The van der Waals surface area contributed by atoms with Crippen LogP contribution in [0.4, 0.5) is 9.18 Å². The molecule has 0 aliphatic heterocycles. The first-order chi connectivity index (χ1) is 11.5. The summed E-state index contributed by atoms with van der Waals surface area (Å²) in [7, 11) is 0. The van der Waals surface area contributed by atoms with E-state index in [1.54, 1.807) is 18.3 Å². The molecule has 6 heteroatoms. The van der Waals surface area contributed by atoms with Crippen LogP contribution in [0.25, 0.3) is 0 Å². The maximum absolute atomic E-state index is 13.7. The van der Waals surface area contributed by atoms with Crippen LogP contribution in [0.3, 0.4) is 0 Å². The second kappa shape index (κ2) is 7.03. The number of amides is 2. The minimum atomic E-state index is -0.238. The lowest BCUT2D eigenvalue weighted by Gasteiger charge is -2.11. The predicted molar refractivity (Wildman–Crippen MR) is 90.0 cm³/mol. The number of imidazole rings is 1. The Morgan fingerprint density at radius 1 is 1.42 bits per heavy atom. The van der Waals surface area contributed by atoms with Crippen LogP contribution in [0.5, 0.6) is 0 Å². The molecule has 0 unspecified atom stereocenters. The first-order valence-electron chi connectivity index (χ1n) is 8.33. The smallest absolute Gasteiger partial charge is 0.315 e. The van der Waals surface area contributed by atoms with Gasteiger partial charge in [-0.2, -0.15) is 0 Å². The van der Waals surface area contributed by atoms with Crippen molar-refractivity contribution >= 4 is 6.03 Å². The third kappa shape index (κ3) is 3.93. The van der Waals surface area contributed by atoms with Gasteiger partial charge >= 0.3 is 6.03 Å². The lowest BCUT2D eigenvalue weighted by molar-refractivity contribution is 0.239. The molecule has 1 aliphatic rings. The van der Waals surface area contributed by atoms with Gasteiger partial charge in [0.25, 0.3) is 0 Å². The van der Waals surface area contributed by atoms with E-state index in [0.29, 0.717) is 18.0 Å². The third-order valence-electron chi connectivity index (χ3n) is 4.18. The van der Waals surface area contributed by atoms with E-state index in [0.717, 1.165) is 18.8 Å². The molecular weight excluding hydrogens is 307 g/mol. The molecule has 2 aromatic rings. The molecule has 1 saturated carbocycles. The Kier molecular flexibility index (Phi) is 4.83. The molecule has 1 fully saturated rings. The number of hydrogen-bond acceptors (Lipinski definition) is 2. The molecule has 0 saturated heterocycles. The molecule has 24 heavy (non-hydrogen) atoms. The quantitative estimate of drug-likeness (QED) is 0.855. The van der Waals surface area contributed by atoms with Crippen LogP contribution in [-0.4, -0.2) is 21.6 Å². The average molecular weight is 330 g/mol. The summed E-state index contributed by atoms with van der Waals surface area (Å²) in [5.74, 6) is 1.21. The zero-order chi connectivity index (χ0) is 17.1. The van der Waals surface area contributed by atoms with Gasteiger partial charge < -0.3 is 15.2 Å². The molecule has 1 aliphatic carbocycles. The number of aromatic nitrogens is 2. The number of urea groups is 1. The van der Waals surface area contributed by atoms with Crippen LogP contribution in [0.2, 0.25) is 0 Å².